The van der Waals surface area contributed by atoms with Crippen LogP contribution in [0.1, 0.15) is 0 Å². The smallest absolute Gasteiger partial charge is 0.327 e. The molecule has 21 nitrogen and oxygen atoms in total. The topological polar surface area (TPSA) is 367 Å². The van der Waals surface area contributed by atoms with Crippen molar-refractivity contribution >= 4 is 47.8 Å². The van der Waals surface area contributed by atoms with E-state index in [0.29, 0.717) is 39.6 Å². The van der Waals surface area contributed by atoms with E-state index in [9.17, 15) is 38.4 Å². The maximum atomic E-state index is 9.25. The number of carboxylic acid groups (broad SMARTS) is 8. The lowest BCUT2D eigenvalue weighted by Gasteiger charge is -2.04. The van der Waals surface area contributed by atoms with Gasteiger partial charge < -0.3 is 65.3 Å². The minimum atomic E-state index is -0.981. The molecule has 0 aliphatic carbocycles. The SMILES string of the molecule is C=CC(=O)O.C=CC(=O)O.C=CC(=O)O.C=CC(=O)O.C=CC(=O)O.C=CC(=O)O.C=CC(=O)O.C=CC(=O)O.OCCOCCOCCOCCO. The average molecular weight is 771 g/mol. The van der Waals surface area contributed by atoms with Gasteiger partial charge in [0.05, 0.1) is 52.9 Å². The lowest BCUT2D eigenvalue weighted by molar-refractivity contribution is -0.132. The molecule has 0 aromatic rings. The van der Waals surface area contributed by atoms with Crippen LogP contribution in [0.25, 0.3) is 0 Å². The van der Waals surface area contributed by atoms with Gasteiger partial charge in [-0.15, -0.1) is 0 Å². The fourth-order valence-corrected chi connectivity index (χ4v) is 0.671. The number of rotatable bonds is 18. The van der Waals surface area contributed by atoms with Crippen LogP contribution < -0.4 is 0 Å². The second-order valence-electron chi connectivity index (χ2n) is 6.62. The van der Waals surface area contributed by atoms with Crippen LogP contribution in [0.2, 0.25) is 0 Å². The monoisotopic (exact) mass is 770 g/mol. The molecule has 0 radical (unpaired) electrons. The quantitative estimate of drug-likeness (QED) is 0.0688. The molecule has 21 heteroatoms. The summed E-state index contributed by atoms with van der Waals surface area (Å²) in [6, 6.07) is 0. The number of carbonyl (C=O) groups is 8. The summed E-state index contributed by atoms with van der Waals surface area (Å²) >= 11 is 0. The Morgan fingerprint density at radius 3 is 0.472 bits per heavy atom. The van der Waals surface area contributed by atoms with Gasteiger partial charge >= 0.3 is 47.8 Å². The summed E-state index contributed by atoms with van der Waals surface area (Å²) in [6.07, 6.45) is 6.67. The normalized spacial score (nSPS) is 7.43. The summed E-state index contributed by atoms with van der Waals surface area (Å²) in [7, 11) is 0. The van der Waals surface area contributed by atoms with E-state index in [4.69, 9.17) is 65.3 Å². The Bertz CT molecular complexity index is 836. The van der Waals surface area contributed by atoms with Crippen molar-refractivity contribution in [3.05, 3.63) is 101 Å². The summed E-state index contributed by atoms with van der Waals surface area (Å²) < 4.78 is 15.0. The maximum Gasteiger partial charge on any atom is 0.327 e. The van der Waals surface area contributed by atoms with Gasteiger partial charge in [-0.1, -0.05) is 52.6 Å². The second kappa shape index (κ2) is 67.6. The van der Waals surface area contributed by atoms with Gasteiger partial charge in [-0.25, -0.2) is 38.4 Å². The van der Waals surface area contributed by atoms with Gasteiger partial charge in [0.2, 0.25) is 0 Å². The van der Waals surface area contributed by atoms with Gasteiger partial charge in [-0.05, 0) is 0 Å². The molecule has 0 aliphatic rings. The predicted molar refractivity (Wildman–Crippen MR) is 189 cm³/mol. The molecule has 0 aromatic carbocycles. The molecule has 0 heterocycles. The molecule has 0 atom stereocenters. The number of hydrogen-bond donors (Lipinski definition) is 10. The van der Waals surface area contributed by atoms with E-state index >= 15 is 0 Å². The van der Waals surface area contributed by atoms with Gasteiger partial charge in [0, 0.05) is 48.6 Å². The first kappa shape index (κ1) is 68.4. The van der Waals surface area contributed by atoms with Crippen LogP contribution in [0.5, 0.6) is 0 Å². The highest BCUT2D eigenvalue weighted by Crippen LogP contribution is 1.80. The summed E-state index contributed by atoms with van der Waals surface area (Å²) in [6.45, 7) is 26.4. The molecule has 0 aliphatic heterocycles. The zero-order chi connectivity index (χ0) is 44.1. The zero-order valence-corrected chi connectivity index (χ0v) is 28.9. The number of aliphatic hydroxyl groups is 2. The molecule has 304 valence electrons. The first-order valence-electron chi connectivity index (χ1n) is 13.4. The number of carboxylic acids is 8. The van der Waals surface area contributed by atoms with Crippen LogP contribution in [-0.4, -0.2) is 152 Å². The van der Waals surface area contributed by atoms with Crippen molar-refractivity contribution in [1.29, 1.82) is 0 Å². The number of ether oxygens (including phenoxy) is 3. The Labute approximate surface area is 305 Å². The van der Waals surface area contributed by atoms with Gasteiger partial charge in [0.15, 0.2) is 0 Å². The van der Waals surface area contributed by atoms with Crippen LogP contribution in [-0.2, 0) is 52.6 Å². The number of hydrogen-bond acceptors (Lipinski definition) is 13. The minimum absolute atomic E-state index is 0.0413. The van der Waals surface area contributed by atoms with Crippen molar-refractivity contribution < 1.29 is 104 Å². The number of aliphatic hydroxyl groups excluding tert-OH is 2. The Balaban J connectivity index is -0.0000000608. The van der Waals surface area contributed by atoms with Gasteiger partial charge in [-0.3, -0.25) is 0 Å². The number of aliphatic carboxylic acids is 8. The van der Waals surface area contributed by atoms with Crippen molar-refractivity contribution in [3.63, 3.8) is 0 Å². The first-order valence-corrected chi connectivity index (χ1v) is 13.4. The summed E-state index contributed by atoms with van der Waals surface area (Å²) in [5, 5.41) is 77.5. The predicted octanol–water partition coefficient (Wildman–Crippen LogP) is 1.08. The van der Waals surface area contributed by atoms with Crippen molar-refractivity contribution in [3.8, 4) is 0 Å². The lowest BCUT2D eigenvalue weighted by atomic mass is 10.7. The third kappa shape index (κ3) is 227. The van der Waals surface area contributed by atoms with Crippen molar-refractivity contribution in [1.82, 2.24) is 0 Å². The van der Waals surface area contributed by atoms with Crippen LogP contribution in [0.15, 0.2) is 101 Å². The highest BCUT2D eigenvalue weighted by Gasteiger charge is 1.90. The highest BCUT2D eigenvalue weighted by atomic mass is 16.5. The molecule has 10 N–H and O–H groups in total. The second-order valence-corrected chi connectivity index (χ2v) is 6.62. The van der Waals surface area contributed by atoms with E-state index in [1.165, 1.54) is 0 Å². The average Bonchev–Trinajstić information content (AvgIpc) is 3.12. The fourth-order valence-electron chi connectivity index (χ4n) is 0.671. The van der Waals surface area contributed by atoms with E-state index in [1.54, 1.807) is 0 Å². The third-order valence-corrected chi connectivity index (χ3v) is 2.61. The van der Waals surface area contributed by atoms with Gasteiger partial charge in [-0.2, -0.15) is 0 Å². The van der Waals surface area contributed by atoms with Crippen molar-refractivity contribution in [2.45, 2.75) is 0 Å². The molecule has 0 saturated carbocycles. The molecular weight excluding hydrogens is 720 g/mol. The van der Waals surface area contributed by atoms with E-state index in [1.807, 2.05) is 0 Å². The molecular formula is C32H50O21. The van der Waals surface area contributed by atoms with Gasteiger partial charge in [0.1, 0.15) is 0 Å². The minimum Gasteiger partial charge on any atom is -0.478 e. The molecule has 0 bridgehead atoms. The molecule has 0 rings (SSSR count). The van der Waals surface area contributed by atoms with Crippen molar-refractivity contribution in [2.24, 2.45) is 0 Å². The van der Waals surface area contributed by atoms with Crippen LogP contribution in [0, 0.1) is 0 Å². The summed E-state index contributed by atoms with van der Waals surface area (Å²) in [4.78, 5) is 74.0. The molecule has 0 aromatic heterocycles. The Hall–Kier alpha value is -6.52. The standard InChI is InChI=1S/C8H18O5.8C3H4O2/c9-1-3-11-5-7-13-8-6-12-4-2-10;8*1-2-3(4)5/h9-10H,1-8H2;8*2H,1H2,(H,4,5). The molecule has 0 spiro atoms. The van der Waals surface area contributed by atoms with Crippen LogP contribution >= 0.6 is 0 Å². The third-order valence-electron chi connectivity index (χ3n) is 2.61. The highest BCUT2D eigenvalue weighted by molar-refractivity contribution is 5.80. The van der Waals surface area contributed by atoms with E-state index in [0.717, 1.165) is 48.6 Å². The summed E-state index contributed by atoms with van der Waals surface area (Å²) in [5.41, 5.74) is 0. The molecule has 0 amide bonds. The van der Waals surface area contributed by atoms with E-state index in [-0.39, 0.29) is 13.2 Å². The molecule has 0 saturated heterocycles. The van der Waals surface area contributed by atoms with E-state index < -0.39 is 47.8 Å². The van der Waals surface area contributed by atoms with Crippen LogP contribution in [0.4, 0.5) is 0 Å². The maximum absolute atomic E-state index is 9.25. The van der Waals surface area contributed by atoms with Gasteiger partial charge in [0.25, 0.3) is 0 Å². The Kier molecular flexibility index (Phi) is 87.3. The van der Waals surface area contributed by atoms with Crippen LogP contribution in [0.3, 0.4) is 0 Å². The molecule has 0 fully saturated rings. The lowest BCUT2D eigenvalue weighted by Crippen LogP contribution is -2.11. The molecule has 0 unspecified atom stereocenters. The summed E-state index contributed by atoms with van der Waals surface area (Å²) in [5.74, 6) is -7.85. The largest absolute Gasteiger partial charge is 0.478 e. The Morgan fingerprint density at radius 1 is 0.302 bits per heavy atom. The fraction of sp³-hybridized carbons (Fsp3) is 0.250. The first-order chi connectivity index (χ1) is 24.6. The van der Waals surface area contributed by atoms with E-state index in [2.05, 4.69) is 52.6 Å². The zero-order valence-electron chi connectivity index (χ0n) is 28.9. The molecule has 53 heavy (non-hydrogen) atoms. The van der Waals surface area contributed by atoms with Crippen molar-refractivity contribution in [2.75, 3.05) is 52.9 Å². The Morgan fingerprint density at radius 2 is 0.396 bits per heavy atom.